The van der Waals surface area contributed by atoms with Crippen molar-refractivity contribution in [2.45, 2.75) is 45.8 Å². The summed E-state index contributed by atoms with van der Waals surface area (Å²) in [7, 11) is 0. The molecule has 1 saturated carbocycles. The van der Waals surface area contributed by atoms with Crippen molar-refractivity contribution in [3.05, 3.63) is 35.4 Å². The lowest BCUT2D eigenvalue weighted by molar-refractivity contribution is 0.226. The van der Waals surface area contributed by atoms with Gasteiger partial charge >= 0.3 is 0 Å². The third kappa shape index (κ3) is 3.83. The molecule has 1 fully saturated rings. The Bertz CT molecular complexity index is 338. The zero-order valence-electron chi connectivity index (χ0n) is 11.0. The van der Waals surface area contributed by atoms with E-state index in [1.165, 1.54) is 30.5 Å². The number of rotatable bonds is 6. The maximum atomic E-state index is 5.61. The number of benzene rings is 1. The van der Waals surface area contributed by atoms with Crippen LogP contribution in [0.3, 0.4) is 0 Å². The number of nitrogens with zero attached hydrogens (tertiary/aromatic N) is 1. The molecular weight excluding hydrogens is 208 g/mol. The molecule has 2 rings (SSSR count). The lowest BCUT2D eigenvalue weighted by Gasteiger charge is -2.24. The quantitative estimate of drug-likeness (QED) is 0.817. The fourth-order valence-electron chi connectivity index (χ4n) is 2.27. The van der Waals surface area contributed by atoms with Crippen LogP contribution in [0, 0.1) is 5.92 Å². The number of hydrogen-bond acceptors (Lipinski definition) is 2. The van der Waals surface area contributed by atoms with Crippen molar-refractivity contribution >= 4 is 0 Å². The summed E-state index contributed by atoms with van der Waals surface area (Å²) in [6.45, 7) is 7.54. The fourth-order valence-corrected chi connectivity index (χ4v) is 2.27. The molecule has 2 nitrogen and oxygen atoms in total. The van der Waals surface area contributed by atoms with Crippen molar-refractivity contribution in [3.8, 4) is 0 Å². The second-order valence-corrected chi connectivity index (χ2v) is 5.58. The van der Waals surface area contributed by atoms with Crippen LogP contribution in [0.25, 0.3) is 0 Å². The molecule has 0 spiro atoms. The predicted octanol–water partition coefficient (Wildman–Crippen LogP) is 2.77. The zero-order valence-corrected chi connectivity index (χ0v) is 11.0. The van der Waals surface area contributed by atoms with Crippen LogP contribution in [0.4, 0.5) is 0 Å². The molecule has 1 aliphatic rings. The Labute approximate surface area is 105 Å². The second kappa shape index (κ2) is 5.65. The Kier molecular flexibility index (Phi) is 4.19. The molecule has 2 N–H and O–H groups in total. The predicted molar refractivity (Wildman–Crippen MR) is 72.6 cm³/mol. The maximum absolute atomic E-state index is 5.61. The average molecular weight is 232 g/mol. The van der Waals surface area contributed by atoms with Crippen LogP contribution >= 0.6 is 0 Å². The molecule has 0 unspecified atom stereocenters. The summed E-state index contributed by atoms with van der Waals surface area (Å²) >= 11 is 0. The molecule has 1 aliphatic carbocycles. The molecule has 0 heterocycles. The third-order valence-corrected chi connectivity index (χ3v) is 3.31. The van der Waals surface area contributed by atoms with Crippen molar-refractivity contribution in [2.75, 3.05) is 6.54 Å². The van der Waals surface area contributed by atoms with Gasteiger partial charge in [0.05, 0.1) is 0 Å². The van der Waals surface area contributed by atoms with E-state index in [1.807, 2.05) is 0 Å². The van der Waals surface area contributed by atoms with Crippen LogP contribution in [-0.4, -0.2) is 17.5 Å². The molecule has 1 aromatic carbocycles. The van der Waals surface area contributed by atoms with Gasteiger partial charge in [-0.3, -0.25) is 4.90 Å². The number of nitrogens with two attached hydrogens (primary N) is 1. The van der Waals surface area contributed by atoms with E-state index in [2.05, 4.69) is 43.0 Å². The summed E-state index contributed by atoms with van der Waals surface area (Å²) in [5.74, 6) is 0.749. The molecule has 17 heavy (non-hydrogen) atoms. The minimum absolute atomic E-state index is 0.638. The van der Waals surface area contributed by atoms with E-state index < -0.39 is 0 Å². The van der Waals surface area contributed by atoms with Gasteiger partial charge in [0.1, 0.15) is 0 Å². The van der Waals surface area contributed by atoms with Crippen LogP contribution in [-0.2, 0) is 13.1 Å². The van der Waals surface area contributed by atoms with Gasteiger partial charge in [0.2, 0.25) is 0 Å². The fraction of sp³-hybridized carbons (Fsp3) is 0.600. The summed E-state index contributed by atoms with van der Waals surface area (Å²) in [6.07, 6.45) is 2.77. The van der Waals surface area contributed by atoms with Crippen LogP contribution < -0.4 is 5.73 Å². The topological polar surface area (TPSA) is 29.3 Å². The normalized spacial score (nSPS) is 15.8. The first kappa shape index (κ1) is 12.6. The first-order valence-electron chi connectivity index (χ1n) is 6.71. The third-order valence-electron chi connectivity index (χ3n) is 3.31. The summed E-state index contributed by atoms with van der Waals surface area (Å²) in [6, 6.07) is 9.58. The first-order chi connectivity index (χ1) is 8.19. The van der Waals surface area contributed by atoms with Gasteiger partial charge in [-0.1, -0.05) is 38.1 Å². The smallest absolute Gasteiger partial charge is 0.0236 e. The largest absolute Gasteiger partial charge is 0.326 e. The molecule has 0 saturated heterocycles. The molecule has 2 heteroatoms. The summed E-state index contributed by atoms with van der Waals surface area (Å²) in [4.78, 5) is 2.63. The molecular formula is C15H24N2. The highest BCUT2D eigenvalue weighted by Gasteiger charge is 2.28. The Morgan fingerprint density at radius 2 is 1.76 bits per heavy atom. The van der Waals surface area contributed by atoms with Crippen molar-refractivity contribution in [2.24, 2.45) is 11.7 Å². The van der Waals surface area contributed by atoms with E-state index in [0.717, 1.165) is 18.5 Å². The summed E-state index contributed by atoms with van der Waals surface area (Å²) < 4.78 is 0. The highest BCUT2D eigenvalue weighted by Crippen LogP contribution is 2.29. The first-order valence-corrected chi connectivity index (χ1v) is 6.71. The van der Waals surface area contributed by atoms with Crippen molar-refractivity contribution in [1.82, 2.24) is 4.90 Å². The lowest BCUT2D eigenvalue weighted by Crippen LogP contribution is -2.29. The Hall–Kier alpha value is -0.860. The van der Waals surface area contributed by atoms with Crippen molar-refractivity contribution in [3.63, 3.8) is 0 Å². The molecule has 0 bridgehead atoms. The van der Waals surface area contributed by atoms with Gasteiger partial charge in [0, 0.05) is 25.7 Å². The van der Waals surface area contributed by atoms with Crippen LogP contribution in [0.5, 0.6) is 0 Å². The van der Waals surface area contributed by atoms with Gasteiger partial charge in [-0.15, -0.1) is 0 Å². The van der Waals surface area contributed by atoms with Gasteiger partial charge in [-0.2, -0.15) is 0 Å². The summed E-state index contributed by atoms with van der Waals surface area (Å²) in [5.41, 5.74) is 8.24. The molecule has 94 valence electrons. The zero-order chi connectivity index (χ0) is 12.3. The summed E-state index contributed by atoms with van der Waals surface area (Å²) in [5, 5.41) is 0. The van der Waals surface area contributed by atoms with Gasteiger partial charge in [-0.05, 0) is 29.9 Å². The Morgan fingerprint density at radius 3 is 2.24 bits per heavy atom. The molecule has 0 aromatic heterocycles. The Balaban J connectivity index is 1.96. The van der Waals surface area contributed by atoms with E-state index in [4.69, 9.17) is 5.73 Å². The van der Waals surface area contributed by atoms with Crippen molar-refractivity contribution in [1.29, 1.82) is 0 Å². The SMILES string of the molecule is CC(C)CN(Cc1ccc(CN)cc1)C1CC1. The van der Waals surface area contributed by atoms with E-state index in [9.17, 15) is 0 Å². The van der Waals surface area contributed by atoms with E-state index in [-0.39, 0.29) is 0 Å². The van der Waals surface area contributed by atoms with Gasteiger partial charge < -0.3 is 5.73 Å². The van der Waals surface area contributed by atoms with Crippen LogP contribution in [0.2, 0.25) is 0 Å². The highest BCUT2D eigenvalue weighted by molar-refractivity contribution is 5.22. The molecule has 0 radical (unpaired) electrons. The minimum Gasteiger partial charge on any atom is -0.326 e. The molecule has 0 amide bonds. The van der Waals surface area contributed by atoms with E-state index in [0.29, 0.717) is 6.54 Å². The van der Waals surface area contributed by atoms with Gasteiger partial charge in [0.15, 0.2) is 0 Å². The second-order valence-electron chi connectivity index (χ2n) is 5.58. The standard InChI is InChI=1S/C15H24N2/c1-12(2)10-17(15-7-8-15)11-14-5-3-13(9-16)4-6-14/h3-6,12,15H,7-11,16H2,1-2H3. The minimum atomic E-state index is 0.638. The van der Waals surface area contributed by atoms with Crippen LogP contribution in [0.15, 0.2) is 24.3 Å². The Morgan fingerprint density at radius 1 is 1.18 bits per heavy atom. The maximum Gasteiger partial charge on any atom is 0.0236 e. The average Bonchev–Trinajstić information content (AvgIpc) is 3.12. The van der Waals surface area contributed by atoms with E-state index >= 15 is 0 Å². The van der Waals surface area contributed by atoms with Crippen molar-refractivity contribution < 1.29 is 0 Å². The lowest BCUT2D eigenvalue weighted by atomic mass is 10.1. The highest BCUT2D eigenvalue weighted by atomic mass is 15.2. The monoisotopic (exact) mass is 232 g/mol. The number of hydrogen-bond donors (Lipinski definition) is 1. The molecule has 0 atom stereocenters. The van der Waals surface area contributed by atoms with Gasteiger partial charge in [-0.25, -0.2) is 0 Å². The van der Waals surface area contributed by atoms with E-state index in [1.54, 1.807) is 0 Å². The van der Waals surface area contributed by atoms with Gasteiger partial charge in [0.25, 0.3) is 0 Å². The molecule has 0 aliphatic heterocycles. The molecule has 1 aromatic rings. The van der Waals surface area contributed by atoms with Crippen LogP contribution in [0.1, 0.15) is 37.8 Å².